The number of aromatic nitrogens is 1. The number of ether oxygens (including phenoxy) is 1. The van der Waals surface area contributed by atoms with Gasteiger partial charge in [0.15, 0.2) is 23.2 Å². The first-order valence-electron chi connectivity index (χ1n) is 5.82. The molecule has 0 aliphatic rings. The van der Waals surface area contributed by atoms with Gasteiger partial charge in [-0.15, -0.1) is 0 Å². The topological polar surface area (TPSA) is 89.3 Å². The van der Waals surface area contributed by atoms with Gasteiger partial charge in [0.1, 0.15) is 0 Å². The van der Waals surface area contributed by atoms with E-state index in [1.165, 1.54) is 31.5 Å². The second-order valence-corrected chi connectivity index (χ2v) is 3.97. The zero-order valence-corrected chi connectivity index (χ0v) is 11.0. The molecule has 1 heterocycles. The van der Waals surface area contributed by atoms with E-state index in [4.69, 9.17) is 10.6 Å². The van der Waals surface area contributed by atoms with Crippen LogP contribution in [-0.2, 0) is 0 Å². The van der Waals surface area contributed by atoms with Gasteiger partial charge in [0.05, 0.1) is 12.7 Å². The predicted molar refractivity (Wildman–Crippen MR) is 72.9 cm³/mol. The lowest BCUT2D eigenvalue weighted by Crippen LogP contribution is -2.17. The van der Waals surface area contributed by atoms with Crippen LogP contribution in [0, 0.1) is 11.6 Å². The van der Waals surface area contributed by atoms with E-state index in [1.54, 1.807) is 0 Å². The summed E-state index contributed by atoms with van der Waals surface area (Å²) >= 11 is 0. The Morgan fingerprint density at radius 2 is 2.10 bits per heavy atom. The largest absolute Gasteiger partial charge is 0.494 e. The van der Waals surface area contributed by atoms with Gasteiger partial charge >= 0.3 is 0 Å². The highest BCUT2D eigenvalue weighted by Crippen LogP contribution is 2.22. The number of carbonyl (C=O) groups excluding carboxylic acids is 1. The SMILES string of the molecule is COc1ccc(NC(=O)c2ccnc(NN)c2F)cc1F. The Labute approximate surface area is 118 Å². The summed E-state index contributed by atoms with van der Waals surface area (Å²) in [4.78, 5) is 15.6. The van der Waals surface area contributed by atoms with Crippen molar-refractivity contribution in [2.45, 2.75) is 0 Å². The molecule has 0 fully saturated rings. The predicted octanol–water partition coefficient (Wildman–Crippen LogP) is 1.91. The van der Waals surface area contributed by atoms with E-state index in [9.17, 15) is 13.6 Å². The number of anilines is 2. The van der Waals surface area contributed by atoms with Crippen molar-refractivity contribution in [2.75, 3.05) is 17.9 Å². The van der Waals surface area contributed by atoms with E-state index in [1.807, 2.05) is 5.43 Å². The Balaban J connectivity index is 2.24. The highest BCUT2D eigenvalue weighted by atomic mass is 19.1. The number of pyridine rings is 1. The third-order valence-corrected chi connectivity index (χ3v) is 2.68. The van der Waals surface area contributed by atoms with E-state index < -0.39 is 17.5 Å². The highest BCUT2D eigenvalue weighted by molar-refractivity contribution is 6.04. The summed E-state index contributed by atoms with van der Waals surface area (Å²) in [5, 5.41) is 2.37. The summed E-state index contributed by atoms with van der Waals surface area (Å²) in [5.41, 5.74) is 1.93. The Bertz CT molecular complexity index is 679. The van der Waals surface area contributed by atoms with Crippen molar-refractivity contribution in [1.82, 2.24) is 4.98 Å². The van der Waals surface area contributed by atoms with Gasteiger partial charge < -0.3 is 15.5 Å². The number of benzene rings is 1. The quantitative estimate of drug-likeness (QED) is 0.592. The molecular formula is C13H12F2N4O2. The average molecular weight is 294 g/mol. The lowest BCUT2D eigenvalue weighted by Gasteiger charge is -2.09. The molecule has 4 N–H and O–H groups in total. The first-order valence-corrected chi connectivity index (χ1v) is 5.82. The fourth-order valence-corrected chi connectivity index (χ4v) is 1.66. The van der Waals surface area contributed by atoms with Crippen molar-refractivity contribution in [3.8, 4) is 5.75 Å². The molecule has 0 atom stereocenters. The molecule has 2 aromatic rings. The average Bonchev–Trinajstić information content (AvgIpc) is 2.47. The number of nitrogen functional groups attached to an aromatic ring is 1. The smallest absolute Gasteiger partial charge is 0.258 e. The zero-order chi connectivity index (χ0) is 15.4. The summed E-state index contributed by atoms with van der Waals surface area (Å²) < 4.78 is 32.1. The van der Waals surface area contributed by atoms with Crippen molar-refractivity contribution in [2.24, 2.45) is 5.84 Å². The van der Waals surface area contributed by atoms with Crippen LogP contribution in [0.3, 0.4) is 0 Å². The molecule has 1 aromatic carbocycles. The van der Waals surface area contributed by atoms with E-state index >= 15 is 0 Å². The van der Waals surface area contributed by atoms with Gasteiger partial charge in [-0.1, -0.05) is 0 Å². The van der Waals surface area contributed by atoms with Crippen LogP contribution in [0.1, 0.15) is 10.4 Å². The Morgan fingerprint density at radius 3 is 2.71 bits per heavy atom. The van der Waals surface area contributed by atoms with Gasteiger partial charge in [-0.2, -0.15) is 0 Å². The molecule has 110 valence electrons. The molecule has 0 aliphatic carbocycles. The summed E-state index contributed by atoms with van der Waals surface area (Å²) in [6.45, 7) is 0. The lowest BCUT2D eigenvalue weighted by molar-refractivity contribution is 0.102. The van der Waals surface area contributed by atoms with Crippen molar-refractivity contribution in [3.05, 3.63) is 47.7 Å². The van der Waals surface area contributed by atoms with Crippen LogP contribution in [0.2, 0.25) is 0 Å². The van der Waals surface area contributed by atoms with Crippen LogP contribution in [-0.4, -0.2) is 18.0 Å². The molecule has 0 bridgehead atoms. The molecule has 0 unspecified atom stereocenters. The molecule has 21 heavy (non-hydrogen) atoms. The standard InChI is InChI=1S/C13H12F2N4O2/c1-21-10-3-2-7(6-9(10)14)18-13(20)8-4-5-17-12(19-16)11(8)15/h2-6H,16H2,1H3,(H,17,19)(H,18,20). The molecule has 8 heteroatoms. The minimum Gasteiger partial charge on any atom is -0.494 e. The normalized spacial score (nSPS) is 10.1. The van der Waals surface area contributed by atoms with Gasteiger partial charge in [-0.3, -0.25) is 4.79 Å². The summed E-state index contributed by atoms with van der Waals surface area (Å²) in [5.74, 6) is 2.56. The highest BCUT2D eigenvalue weighted by Gasteiger charge is 2.16. The molecule has 0 radical (unpaired) electrons. The first-order chi connectivity index (χ1) is 10.1. The van der Waals surface area contributed by atoms with E-state index in [0.717, 1.165) is 6.07 Å². The van der Waals surface area contributed by atoms with Crippen LogP contribution in [0.25, 0.3) is 0 Å². The van der Waals surface area contributed by atoms with Gasteiger partial charge in [-0.05, 0) is 18.2 Å². The number of hydrazine groups is 1. The van der Waals surface area contributed by atoms with Crippen molar-refractivity contribution >= 4 is 17.4 Å². The fourth-order valence-electron chi connectivity index (χ4n) is 1.66. The van der Waals surface area contributed by atoms with E-state index in [2.05, 4.69) is 10.3 Å². The summed E-state index contributed by atoms with van der Waals surface area (Å²) in [6, 6.07) is 5.03. The third kappa shape index (κ3) is 3.06. The molecule has 0 saturated heterocycles. The molecule has 0 spiro atoms. The summed E-state index contributed by atoms with van der Waals surface area (Å²) in [6.07, 6.45) is 1.22. The maximum atomic E-state index is 13.9. The maximum absolute atomic E-state index is 13.9. The number of nitrogens with one attached hydrogen (secondary N) is 2. The number of halogens is 2. The van der Waals surface area contributed by atoms with Gasteiger partial charge in [0, 0.05) is 18.0 Å². The second-order valence-electron chi connectivity index (χ2n) is 3.97. The van der Waals surface area contributed by atoms with Crippen LogP contribution >= 0.6 is 0 Å². The van der Waals surface area contributed by atoms with Crippen LogP contribution in [0.15, 0.2) is 30.5 Å². The monoisotopic (exact) mass is 294 g/mol. The first kappa shape index (κ1) is 14.7. The Morgan fingerprint density at radius 1 is 1.33 bits per heavy atom. The fraction of sp³-hybridized carbons (Fsp3) is 0.0769. The third-order valence-electron chi connectivity index (χ3n) is 2.68. The van der Waals surface area contributed by atoms with Gasteiger partial charge in [-0.25, -0.2) is 19.6 Å². The number of hydrogen-bond donors (Lipinski definition) is 3. The zero-order valence-electron chi connectivity index (χ0n) is 11.0. The Hall–Kier alpha value is -2.74. The van der Waals surface area contributed by atoms with Gasteiger partial charge in [0.2, 0.25) is 0 Å². The van der Waals surface area contributed by atoms with E-state index in [0.29, 0.717) is 0 Å². The van der Waals surface area contributed by atoms with Crippen LogP contribution in [0.5, 0.6) is 5.75 Å². The molecule has 2 rings (SSSR count). The number of methoxy groups -OCH3 is 1. The van der Waals surface area contributed by atoms with Crippen LogP contribution in [0.4, 0.5) is 20.3 Å². The minimum atomic E-state index is -0.897. The number of rotatable bonds is 4. The number of nitrogens with zero attached hydrogens (tertiary/aromatic N) is 1. The molecule has 6 nitrogen and oxygen atoms in total. The van der Waals surface area contributed by atoms with E-state index in [-0.39, 0.29) is 22.8 Å². The Kier molecular flexibility index (Phi) is 4.29. The maximum Gasteiger partial charge on any atom is 0.258 e. The summed E-state index contributed by atoms with van der Waals surface area (Å²) in [7, 11) is 1.32. The number of nitrogens with two attached hydrogens (primary N) is 1. The lowest BCUT2D eigenvalue weighted by atomic mass is 10.2. The molecule has 1 amide bonds. The van der Waals surface area contributed by atoms with Crippen LogP contribution < -0.4 is 21.3 Å². The second kappa shape index (κ2) is 6.14. The molecule has 0 saturated carbocycles. The molecule has 1 aromatic heterocycles. The number of carbonyl (C=O) groups is 1. The minimum absolute atomic E-state index is 0.0395. The number of amides is 1. The van der Waals surface area contributed by atoms with Crippen molar-refractivity contribution in [1.29, 1.82) is 0 Å². The van der Waals surface area contributed by atoms with Crippen molar-refractivity contribution < 1.29 is 18.3 Å². The number of hydrogen-bond acceptors (Lipinski definition) is 5. The van der Waals surface area contributed by atoms with Gasteiger partial charge in [0.25, 0.3) is 5.91 Å². The van der Waals surface area contributed by atoms with Crippen molar-refractivity contribution in [3.63, 3.8) is 0 Å². The molecular weight excluding hydrogens is 282 g/mol. The molecule has 0 aliphatic heterocycles.